The maximum Gasteiger partial charge on any atom is 0.354 e. The molecule has 0 saturated carbocycles. The van der Waals surface area contributed by atoms with Gasteiger partial charge in [-0.2, -0.15) is 0 Å². The average molecular weight is 167 g/mol. The third-order valence-corrected chi connectivity index (χ3v) is 1.34. The molecule has 0 spiro atoms. The Bertz CT molecular complexity index is 312. The highest BCUT2D eigenvalue weighted by Crippen LogP contribution is 2.07. The van der Waals surface area contributed by atoms with Gasteiger partial charge in [0.15, 0.2) is 5.69 Å². The first kappa shape index (κ1) is 8.48. The van der Waals surface area contributed by atoms with Crippen LogP contribution in [-0.2, 0) is 0 Å². The van der Waals surface area contributed by atoms with Crippen molar-refractivity contribution in [3.63, 3.8) is 0 Å². The number of aromatic carboxylic acids is 1. The molecule has 0 atom stereocenters. The summed E-state index contributed by atoms with van der Waals surface area (Å²) >= 11 is 0. The van der Waals surface area contributed by atoms with Crippen LogP contribution in [0, 0.1) is 6.92 Å². The molecular formula is C7H9N3O2. The topological polar surface area (TPSA) is 88.2 Å². The largest absolute Gasteiger partial charge is 0.477 e. The van der Waals surface area contributed by atoms with Crippen LogP contribution >= 0.6 is 0 Å². The van der Waals surface area contributed by atoms with Crippen LogP contribution in [-0.4, -0.2) is 16.1 Å². The van der Waals surface area contributed by atoms with Crippen LogP contribution < -0.4 is 11.3 Å². The Morgan fingerprint density at radius 2 is 2.33 bits per heavy atom. The number of carbonyl (C=O) groups is 1. The van der Waals surface area contributed by atoms with E-state index in [-0.39, 0.29) is 5.69 Å². The van der Waals surface area contributed by atoms with Crippen molar-refractivity contribution in [1.29, 1.82) is 0 Å². The molecule has 5 nitrogen and oxygen atoms in total. The van der Waals surface area contributed by atoms with E-state index < -0.39 is 5.97 Å². The third kappa shape index (κ3) is 1.70. The van der Waals surface area contributed by atoms with Crippen LogP contribution in [0.15, 0.2) is 12.1 Å². The molecule has 0 saturated heterocycles. The second-order valence-electron chi connectivity index (χ2n) is 2.36. The Labute approximate surface area is 69.2 Å². The molecule has 1 aromatic rings. The number of aryl methyl sites for hydroxylation is 1. The van der Waals surface area contributed by atoms with E-state index in [4.69, 9.17) is 10.9 Å². The van der Waals surface area contributed by atoms with Gasteiger partial charge in [0.05, 0.1) is 0 Å². The molecule has 64 valence electrons. The third-order valence-electron chi connectivity index (χ3n) is 1.34. The smallest absolute Gasteiger partial charge is 0.354 e. The van der Waals surface area contributed by atoms with Gasteiger partial charge in [-0.25, -0.2) is 15.6 Å². The summed E-state index contributed by atoms with van der Waals surface area (Å²) in [7, 11) is 0. The van der Waals surface area contributed by atoms with E-state index in [9.17, 15) is 4.79 Å². The molecule has 0 bridgehead atoms. The molecule has 1 heterocycles. The van der Waals surface area contributed by atoms with Crippen molar-refractivity contribution in [3.05, 3.63) is 23.4 Å². The fourth-order valence-electron chi connectivity index (χ4n) is 0.851. The lowest BCUT2D eigenvalue weighted by Crippen LogP contribution is -2.11. The summed E-state index contributed by atoms with van der Waals surface area (Å²) in [5, 5.41) is 8.60. The molecular weight excluding hydrogens is 158 g/mol. The Hall–Kier alpha value is -1.62. The number of nitrogens with one attached hydrogen (secondary N) is 1. The van der Waals surface area contributed by atoms with E-state index in [1.807, 2.05) is 0 Å². The maximum atomic E-state index is 10.5. The van der Waals surface area contributed by atoms with Crippen LogP contribution in [0.2, 0.25) is 0 Å². The van der Waals surface area contributed by atoms with Crippen molar-refractivity contribution in [2.45, 2.75) is 6.92 Å². The Morgan fingerprint density at radius 1 is 1.67 bits per heavy atom. The molecule has 0 unspecified atom stereocenters. The highest BCUT2D eigenvalue weighted by atomic mass is 16.4. The molecule has 0 radical (unpaired) electrons. The summed E-state index contributed by atoms with van der Waals surface area (Å²) in [6.07, 6.45) is 0. The van der Waals surface area contributed by atoms with E-state index in [2.05, 4.69) is 10.4 Å². The van der Waals surface area contributed by atoms with E-state index in [1.165, 1.54) is 6.07 Å². The first-order valence-corrected chi connectivity index (χ1v) is 3.32. The number of nitrogens with two attached hydrogens (primary N) is 1. The quantitative estimate of drug-likeness (QED) is 0.437. The van der Waals surface area contributed by atoms with Crippen molar-refractivity contribution >= 4 is 11.8 Å². The van der Waals surface area contributed by atoms with Crippen molar-refractivity contribution < 1.29 is 9.90 Å². The summed E-state index contributed by atoms with van der Waals surface area (Å²) in [6, 6.07) is 3.13. The van der Waals surface area contributed by atoms with Crippen LogP contribution in [0.25, 0.3) is 0 Å². The molecule has 1 rings (SSSR count). The molecule has 0 aliphatic carbocycles. The predicted octanol–water partition coefficient (Wildman–Crippen LogP) is 0.374. The fourth-order valence-corrected chi connectivity index (χ4v) is 0.851. The number of carboxylic acids is 1. The normalized spacial score (nSPS) is 9.50. The second-order valence-corrected chi connectivity index (χ2v) is 2.36. The second kappa shape index (κ2) is 3.19. The molecule has 0 aliphatic rings. The molecule has 0 aromatic carbocycles. The molecule has 1 aromatic heterocycles. The van der Waals surface area contributed by atoms with Crippen molar-refractivity contribution in [3.8, 4) is 0 Å². The fraction of sp³-hybridized carbons (Fsp3) is 0.143. The maximum absolute atomic E-state index is 10.5. The SMILES string of the molecule is Cc1cc(NN)nc(C(=O)O)c1. The number of anilines is 1. The van der Waals surface area contributed by atoms with Gasteiger partial charge in [0, 0.05) is 0 Å². The van der Waals surface area contributed by atoms with Gasteiger partial charge < -0.3 is 10.5 Å². The summed E-state index contributed by atoms with van der Waals surface area (Å²) in [4.78, 5) is 14.2. The lowest BCUT2D eigenvalue weighted by Gasteiger charge is -2.01. The molecule has 4 N–H and O–H groups in total. The van der Waals surface area contributed by atoms with Crippen LogP contribution in [0.1, 0.15) is 16.1 Å². The number of rotatable bonds is 2. The van der Waals surface area contributed by atoms with E-state index in [1.54, 1.807) is 13.0 Å². The van der Waals surface area contributed by atoms with Gasteiger partial charge in [-0.3, -0.25) is 0 Å². The van der Waals surface area contributed by atoms with E-state index in [0.717, 1.165) is 5.56 Å². The minimum absolute atomic E-state index is 0.0112. The Morgan fingerprint density at radius 3 is 2.83 bits per heavy atom. The van der Waals surface area contributed by atoms with Gasteiger partial charge in [0.25, 0.3) is 0 Å². The van der Waals surface area contributed by atoms with Crippen molar-refractivity contribution in [2.24, 2.45) is 5.84 Å². The minimum Gasteiger partial charge on any atom is -0.477 e. The van der Waals surface area contributed by atoms with Gasteiger partial charge in [0.2, 0.25) is 0 Å². The number of hydrogen-bond acceptors (Lipinski definition) is 4. The Balaban J connectivity index is 3.15. The average Bonchev–Trinajstić information content (AvgIpc) is 2.03. The number of nitrogen functional groups attached to an aromatic ring is 1. The first-order chi connectivity index (χ1) is 5.63. The molecule has 0 aliphatic heterocycles. The number of hydrazine groups is 1. The number of nitrogens with zero attached hydrogens (tertiary/aromatic N) is 1. The van der Waals surface area contributed by atoms with Gasteiger partial charge in [-0.05, 0) is 24.6 Å². The minimum atomic E-state index is -1.06. The van der Waals surface area contributed by atoms with Crippen molar-refractivity contribution in [1.82, 2.24) is 4.98 Å². The number of hydrogen-bond donors (Lipinski definition) is 3. The van der Waals surface area contributed by atoms with E-state index in [0.29, 0.717) is 5.82 Å². The van der Waals surface area contributed by atoms with Crippen LogP contribution in [0.5, 0.6) is 0 Å². The first-order valence-electron chi connectivity index (χ1n) is 3.32. The summed E-state index contributed by atoms with van der Waals surface area (Å²) in [5.74, 6) is 4.38. The summed E-state index contributed by atoms with van der Waals surface area (Å²) < 4.78 is 0. The monoisotopic (exact) mass is 167 g/mol. The van der Waals surface area contributed by atoms with Gasteiger partial charge in [-0.15, -0.1) is 0 Å². The zero-order chi connectivity index (χ0) is 9.14. The summed E-state index contributed by atoms with van der Waals surface area (Å²) in [5.41, 5.74) is 3.08. The summed E-state index contributed by atoms with van der Waals surface area (Å²) in [6.45, 7) is 1.77. The van der Waals surface area contributed by atoms with Gasteiger partial charge in [0.1, 0.15) is 5.82 Å². The lowest BCUT2D eigenvalue weighted by atomic mass is 10.2. The molecule has 0 amide bonds. The molecule has 5 heteroatoms. The molecule has 12 heavy (non-hydrogen) atoms. The van der Waals surface area contributed by atoms with Gasteiger partial charge in [-0.1, -0.05) is 0 Å². The standard InChI is InChI=1S/C7H9N3O2/c1-4-2-5(7(11)12)9-6(3-4)10-8/h2-3H,8H2,1H3,(H,9,10)(H,11,12). The van der Waals surface area contributed by atoms with Crippen LogP contribution in [0.3, 0.4) is 0 Å². The van der Waals surface area contributed by atoms with Crippen LogP contribution in [0.4, 0.5) is 5.82 Å². The highest BCUT2D eigenvalue weighted by molar-refractivity contribution is 5.86. The highest BCUT2D eigenvalue weighted by Gasteiger charge is 2.05. The zero-order valence-corrected chi connectivity index (χ0v) is 6.53. The predicted molar refractivity (Wildman–Crippen MR) is 43.7 cm³/mol. The number of pyridine rings is 1. The van der Waals surface area contributed by atoms with E-state index >= 15 is 0 Å². The molecule has 0 fully saturated rings. The number of carboxylic acid groups (broad SMARTS) is 1. The Kier molecular flexibility index (Phi) is 2.25. The van der Waals surface area contributed by atoms with Crippen molar-refractivity contribution in [2.75, 3.05) is 5.43 Å². The number of aromatic nitrogens is 1. The van der Waals surface area contributed by atoms with Gasteiger partial charge >= 0.3 is 5.97 Å². The lowest BCUT2D eigenvalue weighted by molar-refractivity contribution is 0.0690. The zero-order valence-electron chi connectivity index (χ0n) is 6.53.